The fourth-order valence-electron chi connectivity index (χ4n) is 2.59. The van der Waals surface area contributed by atoms with Gasteiger partial charge < -0.3 is 9.64 Å². The van der Waals surface area contributed by atoms with Crippen molar-refractivity contribution in [2.45, 2.75) is 18.9 Å². The van der Waals surface area contributed by atoms with Gasteiger partial charge in [0, 0.05) is 49.8 Å². The normalized spacial score (nSPS) is 16.5. The van der Waals surface area contributed by atoms with Crippen LogP contribution in [-0.4, -0.2) is 38.8 Å². The summed E-state index contributed by atoms with van der Waals surface area (Å²) < 4.78 is 7.66. The Morgan fingerprint density at radius 1 is 1.19 bits per heavy atom. The molecule has 0 saturated carbocycles. The highest BCUT2D eigenvalue weighted by Gasteiger charge is 2.22. The summed E-state index contributed by atoms with van der Waals surface area (Å²) in [6.07, 6.45) is 7.74. The summed E-state index contributed by atoms with van der Waals surface area (Å²) in [6.45, 7) is 1.90. The second-order valence-corrected chi connectivity index (χ2v) is 5.88. The number of anilines is 1. The van der Waals surface area contributed by atoms with Crippen LogP contribution in [0.3, 0.4) is 0 Å². The van der Waals surface area contributed by atoms with Crippen molar-refractivity contribution in [2.75, 3.05) is 18.0 Å². The van der Waals surface area contributed by atoms with E-state index < -0.39 is 0 Å². The van der Waals surface area contributed by atoms with Gasteiger partial charge in [0.15, 0.2) is 5.65 Å². The van der Waals surface area contributed by atoms with Gasteiger partial charge in [0.2, 0.25) is 0 Å². The number of hydrogen-bond donors (Lipinski definition) is 0. The summed E-state index contributed by atoms with van der Waals surface area (Å²) in [4.78, 5) is 11.1. The molecule has 1 saturated heterocycles. The quantitative estimate of drug-likeness (QED) is 0.742. The van der Waals surface area contributed by atoms with Crippen molar-refractivity contribution in [3.8, 4) is 5.19 Å². The van der Waals surface area contributed by atoms with Crippen LogP contribution >= 0.6 is 11.3 Å². The third-order valence-electron chi connectivity index (χ3n) is 3.69. The molecule has 0 amide bonds. The maximum atomic E-state index is 5.88. The van der Waals surface area contributed by atoms with Gasteiger partial charge in [-0.05, 0) is 6.07 Å². The topological polar surface area (TPSA) is 55.6 Å². The summed E-state index contributed by atoms with van der Waals surface area (Å²) in [5, 5.41) is 6.88. The highest BCUT2D eigenvalue weighted by atomic mass is 32.1. The average molecular weight is 301 g/mol. The van der Waals surface area contributed by atoms with E-state index in [0.717, 1.165) is 42.6 Å². The van der Waals surface area contributed by atoms with Crippen molar-refractivity contribution in [3.63, 3.8) is 0 Å². The molecular formula is C14H15N5OS. The summed E-state index contributed by atoms with van der Waals surface area (Å²) in [5.74, 6) is 1.01. The lowest BCUT2D eigenvalue weighted by atomic mass is 10.1. The molecule has 0 bridgehead atoms. The summed E-state index contributed by atoms with van der Waals surface area (Å²) in [5.41, 5.74) is 0.883. The predicted molar refractivity (Wildman–Crippen MR) is 81.0 cm³/mol. The number of hydrogen-bond acceptors (Lipinski definition) is 6. The Morgan fingerprint density at radius 3 is 2.90 bits per heavy atom. The molecule has 0 N–H and O–H groups in total. The Hall–Kier alpha value is -2.15. The maximum absolute atomic E-state index is 5.88. The van der Waals surface area contributed by atoms with Crippen LogP contribution in [0.4, 0.5) is 5.82 Å². The first-order valence-electron chi connectivity index (χ1n) is 7.00. The van der Waals surface area contributed by atoms with Gasteiger partial charge in [-0.15, -0.1) is 0 Å². The summed E-state index contributed by atoms with van der Waals surface area (Å²) in [7, 11) is 0. The molecule has 3 aromatic heterocycles. The molecule has 6 nitrogen and oxygen atoms in total. The van der Waals surface area contributed by atoms with Crippen molar-refractivity contribution in [2.24, 2.45) is 0 Å². The van der Waals surface area contributed by atoms with Crippen LogP contribution in [0, 0.1) is 0 Å². The van der Waals surface area contributed by atoms with Crippen molar-refractivity contribution in [1.82, 2.24) is 19.6 Å². The van der Waals surface area contributed by atoms with E-state index in [1.54, 1.807) is 28.2 Å². The molecule has 1 aliphatic rings. The lowest BCUT2D eigenvalue weighted by Gasteiger charge is -2.32. The molecule has 0 radical (unpaired) electrons. The third kappa shape index (κ3) is 2.56. The van der Waals surface area contributed by atoms with Gasteiger partial charge in [0.1, 0.15) is 11.9 Å². The minimum Gasteiger partial charge on any atom is -0.467 e. The Kier molecular flexibility index (Phi) is 3.19. The van der Waals surface area contributed by atoms with E-state index in [1.807, 2.05) is 23.7 Å². The molecule has 1 fully saturated rings. The van der Waals surface area contributed by atoms with Crippen molar-refractivity contribution >= 4 is 22.8 Å². The van der Waals surface area contributed by atoms with Gasteiger partial charge in [-0.25, -0.2) is 14.5 Å². The molecule has 7 heteroatoms. The van der Waals surface area contributed by atoms with Gasteiger partial charge >= 0.3 is 0 Å². The molecule has 108 valence electrons. The Morgan fingerprint density at radius 2 is 2.10 bits per heavy atom. The van der Waals surface area contributed by atoms with E-state index in [2.05, 4.69) is 20.0 Å². The highest BCUT2D eigenvalue weighted by Crippen LogP contribution is 2.23. The van der Waals surface area contributed by atoms with E-state index in [0.29, 0.717) is 0 Å². The smallest absolute Gasteiger partial charge is 0.273 e. The molecule has 0 atom stereocenters. The number of nitrogens with zero attached hydrogens (tertiary/aromatic N) is 5. The van der Waals surface area contributed by atoms with Crippen LogP contribution in [0.1, 0.15) is 12.8 Å². The highest BCUT2D eigenvalue weighted by molar-refractivity contribution is 7.11. The number of piperidine rings is 1. The van der Waals surface area contributed by atoms with E-state index >= 15 is 0 Å². The van der Waals surface area contributed by atoms with Gasteiger partial charge in [-0.3, -0.25) is 0 Å². The lowest BCUT2D eigenvalue weighted by Crippen LogP contribution is -2.38. The number of fused-ring (bicyclic) bond motifs is 1. The molecule has 4 heterocycles. The molecule has 4 rings (SSSR count). The Balaban J connectivity index is 1.42. The number of aromatic nitrogens is 4. The molecule has 21 heavy (non-hydrogen) atoms. The summed E-state index contributed by atoms with van der Waals surface area (Å²) in [6, 6.07) is 3.93. The third-order valence-corrected chi connectivity index (χ3v) is 4.35. The maximum Gasteiger partial charge on any atom is 0.273 e. The monoisotopic (exact) mass is 301 g/mol. The second-order valence-electron chi connectivity index (χ2n) is 5.02. The van der Waals surface area contributed by atoms with Crippen LogP contribution in [-0.2, 0) is 0 Å². The SMILES string of the molecule is c1csc(OC2CCN(c3ccn4nccc4n3)CC2)n1. The van der Waals surface area contributed by atoms with Gasteiger partial charge in [-0.1, -0.05) is 11.3 Å². The van der Waals surface area contributed by atoms with Gasteiger partial charge in [-0.2, -0.15) is 5.10 Å². The molecule has 3 aromatic rings. The van der Waals surface area contributed by atoms with Crippen LogP contribution in [0.15, 0.2) is 36.1 Å². The van der Waals surface area contributed by atoms with Crippen LogP contribution < -0.4 is 9.64 Å². The van der Waals surface area contributed by atoms with Crippen LogP contribution in [0.5, 0.6) is 5.19 Å². The Bertz CT molecular complexity index is 718. The fraction of sp³-hybridized carbons (Fsp3) is 0.357. The molecule has 0 aromatic carbocycles. The first-order valence-corrected chi connectivity index (χ1v) is 7.88. The zero-order valence-electron chi connectivity index (χ0n) is 11.4. The molecule has 0 aliphatic carbocycles. The van der Waals surface area contributed by atoms with E-state index in [1.165, 1.54) is 0 Å². The van der Waals surface area contributed by atoms with E-state index in [-0.39, 0.29) is 6.10 Å². The largest absolute Gasteiger partial charge is 0.467 e. The van der Waals surface area contributed by atoms with Crippen LogP contribution in [0.25, 0.3) is 5.65 Å². The molecular weight excluding hydrogens is 286 g/mol. The molecule has 1 aliphatic heterocycles. The average Bonchev–Trinajstić information content (AvgIpc) is 3.18. The minimum atomic E-state index is 0.256. The molecule has 0 unspecified atom stereocenters. The van der Waals surface area contributed by atoms with E-state index in [4.69, 9.17) is 4.74 Å². The fourth-order valence-corrected chi connectivity index (χ4v) is 3.14. The lowest BCUT2D eigenvalue weighted by molar-refractivity contribution is 0.170. The van der Waals surface area contributed by atoms with Crippen molar-refractivity contribution < 1.29 is 4.74 Å². The summed E-state index contributed by atoms with van der Waals surface area (Å²) >= 11 is 1.55. The Labute approximate surface area is 126 Å². The first-order chi connectivity index (χ1) is 10.4. The van der Waals surface area contributed by atoms with Crippen LogP contribution in [0.2, 0.25) is 0 Å². The molecule has 0 spiro atoms. The number of ether oxygens (including phenoxy) is 1. The standard InChI is InChI=1S/C14H15N5OS/c1-5-16-19-9-4-12(17-13(1)19)18-7-2-11(3-8-18)20-14-15-6-10-21-14/h1,4-6,9-11H,2-3,7-8H2. The van der Waals surface area contributed by atoms with Crippen molar-refractivity contribution in [3.05, 3.63) is 36.1 Å². The zero-order chi connectivity index (χ0) is 14.1. The first kappa shape index (κ1) is 12.6. The number of thiazole rings is 1. The minimum absolute atomic E-state index is 0.256. The van der Waals surface area contributed by atoms with Gasteiger partial charge in [0.25, 0.3) is 5.19 Å². The number of rotatable bonds is 3. The van der Waals surface area contributed by atoms with Gasteiger partial charge in [0.05, 0.1) is 6.20 Å². The van der Waals surface area contributed by atoms with Crippen molar-refractivity contribution in [1.29, 1.82) is 0 Å². The zero-order valence-corrected chi connectivity index (χ0v) is 12.2. The second kappa shape index (κ2) is 5.33. The van der Waals surface area contributed by atoms with E-state index in [9.17, 15) is 0 Å². The predicted octanol–water partition coefficient (Wildman–Crippen LogP) is 2.23.